The van der Waals surface area contributed by atoms with Gasteiger partial charge in [-0.25, -0.2) is 4.39 Å². The van der Waals surface area contributed by atoms with Crippen LogP contribution in [-0.4, -0.2) is 25.4 Å². The average molecular weight is 223 g/mol. The molecule has 0 bridgehead atoms. The van der Waals surface area contributed by atoms with Gasteiger partial charge in [0.1, 0.15) is 11.4 Å². The van der Waals surface area contributed by atoms with E-state index in [0.29, 0.717) is 26.0 Å². The standard InChI is InChI=1S/C13H18FNO/c1-2-16-12-5-3-11(4-6-12)9-13(14)7-8-15-10-13/h3-6,15H,2,7-10H2,1H3. The van der Waals surface area contributed by atoms with Crippen molar-refractivity contribution in [2.75, 3.05) is 19.7 Å². The molecule has 1 N–H and O–H groups in total. The lowest BCUT2D eigenvalue weighted by Crippen LogP contribution is -2.28. The molecule has 3 heteroatoms. The van der Waals surface area contributed by atoms with Crippen LogP contribution in [0.15, 0.2) is 24.3 Å². The molecule has 0 saturated carbocycles. The highest BCUT2D eigenvalue weighted by Crippen LogP contribution is 2.25. The predicted octanol–water partition coefficient (Wildman–Crippen LogP) is 2.33. The van der Waals surface area contributed by atoms with Crippen molar-refractivity contribution in [3.8, 4) is 5.75 Å². The normalized spacial score (nSPS) is 24.6. The maximum atomic E-state index is 14.2. The van der Waals surface area contributed by atoms with Gasteiger partial charge in [-0.3, -0.25) is 0 Å². The summed E-state index contributed by atoms with van der Waals surface area (Å²) in [5, 5.41) is 3.07. The molecule has 1 atom stereocenters. The number of nitrogens with one attached hydrogen (secondary N) is 1. The van der Waals surface area contributed by atoms with Crippen molar-refractivity contribution in [2.45, 2.75) is 25.4 Å². The first-order valence-electron chi connectivity index (χ1n) is 5.83. The van der Waals surface area contributed by atoms with Crippen LogP contribution in [0.2, 0.25) is 0 Å². The fraction of sp³-hybridized carbons (Fsp3) is 0.538. The Bertz CT molecular complexity index is 330. The number of hydrogen-bond acceptors (Lipinski definition) is 2. The minimum Gasteiger partial charge on any atom is -0.494 e. The summed E-state index contributed by atoms with van der Waals surface area (Å²) in [5.74, 6) is 0.851. The zero-order valence-corrected chi connectivity index (χ0v) is 9.63. The zero-order valence-electron chi connectivity index (χ0n) is 9.63. The molecule has 0 aliphatic carbocycles. The molecule has 1 aromatic carbocycles. The topological polar surface area (TPSA) is 21.3 Å². The van der Waals surface area contributed by atoms with E-state index in [1.165, 1.54) is 0 Å². The van der Waals surface area contributed by atoms with Crippen LogP contribution >= 0.6 is 0 Å². The third-order valence-corrected chi connectivity index (χ3v) is 2.95. The highest BCUT2D eigenvalue weighted by atomic mass is 19.1. The van der Waals surface area contributed by atoms with Gasteiger partial charge in [0.15, 0.2) is 0 Å². The summed E-state index contributed by atoms with van der Waals surface area (Å²) in [5.41, 5.74) is -0.0257. The Labute approximate surface area is 95.8 Å². The molecule has 88 valence electrons. The van der Waals surface area contributed by atoms with Crippen molar-refractivity contribution in [2.24, 2.45) is 0 Å². The summed E-state index contributed by atoms with van der Waals surface area (Å²) in [6.45, 7) is 3.87. The maximum absolute atomic E-state index is 14.2. The second kappa shape index (κ2) is 4.83. The quantitative estimate of drug-likeness (QED) is 0.846. The highest BCUT2D eigenvalue weighted by Gasteiger charge is 2.33. The molecule has 1 aromatic rings. The van der Waals surface area contributed by atoms with Gasteiger partial charge in [0.05, 0.1) is 6.61 Å². The zero-order chi connectivity index (χ0) is 11.4. The molecule has 1 fully saturated rings. The Morgan fingerprint density at radius 2 is 2.12 bits per heavy atom. The van der Waals surface area contributed by atoms with Crippen LogP contribution in [0.25, 0.3) is 0 Å². The van der Waals surface area contributed by atoms with Gasteiger partial charge in [-0.15, -0.1) is 0 Å². The summed E-state index contributed by atoms with van der Waals surface area (Å²) < 4.78 is 19.5. The molecule has 1 saturated heterocycles. The first-order valence-corrected chi connectivity index (χ1v) is 5.83. The van der Waals surface area contributed by atoms with E-state index in [4.69, 9.17) is 4.74 Å². The van der Waals surface area contributed by atoms with Crippen molar-refractivity contribution < 1.29 is 9.13 Å². The number of hydrogen-bond donors (Lipinski definition) is 1. The van der Waals surface area contributed by atoms with Crippen molar-refractivity contribution in [3.63, 3.8) is 0 Å². The summed E-state index contributed by atoms with van der Waals surface area (Å²) in [6.07, 6.45) is 1.10. The minimum absolute atomic E-state index is 0.472. The second-order valence-electron chi connectivity index (χ2n) is 4.33. The van der Waals surface area contributed by atoms with Gasteiger partial charge in [0.25, 0.3) is 0 Å². The lowest BCUT2D eigenvalue weighted by Gasteiger charge is -2.18. The SMILES string of the molecule is CCOc1ccc(CC2(F)CCNC2)cc1. The first kappa shape index (κ1) is 11.4. The van der Waals surface area contributed by atoms with Crippen LogP contribution in [0.3, 0.4) is 0 Å². The number of alkyl halides is 1. The largest absolute Gasteiger partial charge is 0.494 e. The van der Waals surface area contributed by atoms with Crippen molar-refractivity contribution in [1.29, 1.82) is 0 Å². The molecule has 1 heterocycles. The summed E-state index contributed by atoms with van der Waals surface area (Å²) >= 11 is 0. The summed E-state index contributed by atoms with van der Waals surface area (Å²) in [6, 6.07) is 7.71. The van der Waals surface area contributed by atoms with Crippen LogP contribution in [0.4, 0.5) is 4.39 Å². The molecule has 0 radical (unpaired) electrons. The third-order valence-electron chi connectivity index (χ3n) is 2.95. The fourth-order valence-electron chi connectivity index (χ4n) is 2.10. The van der Waals surface area contributed by atoms with Gasteiger partial charge in [-0.1, -0.05) is 12.1 Å². The van der Waals surface area contributed by atoms with Gasteiger partial charge in [-0.05, 0) is 37.6 Å². The molecule has 16 heavy (non-hydrogen) atoms. The summed E-state index contributed by atoms with van der Waals surface area (Å²) in [7, 11) is 0. The molecular weight excluding hydrogens is 205 g/mol. The second-order valence-corrected chi connectivity index (χ2v) is 4.33. The van der Waals surface area contributed by atoms with Crippen molar-refractivity contribution >= 4 is 0 Å². The van der Waals surface area contributed by atoms with E-state index in [2.05, 4.69) is 5.32 Å². The van der Waals surface area contributed by atoms with E-state index >= 15 is 0 Å². The van der Waals surface area contributed by atoms with E-state index in [1.807, 2.05) is 31.2 Å². The van der Waals surface area contributed by atoms with E-state index in [9.17, 15) is 4.39 Å². The first-order chi connectivity index (χ1) is 7.72. The summed E-state index contributed by atoms with van der Waals surface area (Å²) in [4.78, 5) is 0. The van der Waals surface area contributed by atoms with E-state index in [-0.39, 0.29) is 0 Å². The van der Waals surface area contributed by atoms with Crippen LogP contribution < -0.4 is 10.1 Å². The molecule has 1 aliphatic rings. The van der Waals surface area contributed by atoms with Gasteiger partial charge in [0, 0.05) is 13.0 Å². The molecule has 1 unspecified atom stereocenters. The molecule has 0 amide bonds. The van der Waals surface area contributed by atoms with Gasteiger partial charge in [0.2, 0.25) is 0 Å². The number of ether oxygens (including phenoxy) is 1. The Kier molecular flexibility index (Phi) is 3.44. The number of benzene rings is 1. The fourth-order valence-corrected chi connectivity index (χ4v) is 2.10. The minimum atomic E-state index is -1.06. The van der Waals surface area contributed by atoms with Gasteiger partial charge in [-0.2, -0.15) is 0 Å². The molecule has 2 nitrogen and oxygen atoms in total. The van der Waals surface area contributed by atoms with E-state index in [1.54, 1.807) is 0 Å². The average Bonchev–Trinajstić information content (AvgIpc) is 2.68. The lowest BCUT2D eigenvalue weighted by molar-refractivity contribution is 0.190. The van der Waals surface area contributed by atoms with Crippen molar-refractivity contribution in [1.82, 2.24) is 5.32 Å². The smallest absolute Gasteiger partial charge is 0.128 e. The monoisotopic (exact) mass is 223 g/mol. The lowest BCUT2D eigenvalue weighted by atomic mass is 9.95. The Balaban J connectivity index is 1.99. The molecule has 0 aromatic heterocycles. The van der Waals surface area contributed by atoms with Crippen LogP contribution in [0.5, 0.6) is 5.75 Å². The molecule has 2 rings (SSSR count). The third kappa shape index (κ3) is 2.73. The number of halogens is 1. The Morgan fingerprint density at radius 1 is 1.38 bits per heavy atom. The Morgan fingerprint density at radius 3 is 2.69 bits per heavy atom. The van der Waals surface area contributed by atoms with Gasteiger partial charge < -0.3 is 10.1 Å². The van der Waals surface area contributed by atoms with Crippen LogP contribution in [-0.2, 0) is 6.42 Å². The van der Waals surface area contributed by atoms with E-state index < -0.39 is 5.67 Å². The maximum Gasteiger partial charge on any atom is 0.128 e. The number of rotatable bonds is 4. The molecule has 0 spiro atoms. The van der Waals surface area contributed by atoms with Crippen LogP contribution in [0.1, 0.15) is 18.9 Å². The molecular formula is C13H18FNO. The van der Waals surface area contributed by atoms with E-state index in [0.717, 1.165) is 17.9 Å². The van der Waals surface area contributed by atoms with Crippen LogP contribution in [0, 0.1) is 0 Å². The van der Waals surface area contributed by atoms with Crippen molar-refractivity contribution in [3.05, 3.63) is 29.8 Å². The predicted molar refractivity (Wildman–Crippen MR) is 62.6 cm³/mol. The van der Waals surface area contributed by atoms with Gasteiger partial charge >= 0.3 is 0 Å². The highest BCUT2D eigenvalue weighted by molar-refractivity contribution is 5.28. The molecule has 1 aliphatic heterocycles. The Hall–Kier alpha value is -1.09.